The summed E-state index contributed by atoms with van der Waals surface area (Å²) in [5.41, 5.74) is 2.86. The van der Waals surface area contributed by atoms with Gasteiger partial charge in [-0.2, -0.15) is 0 Å². The van der Waals surface area contributed by atoms with Crippen molar-refractivity contribution in [3.05, 3.63) is 35.4 Å². The van der Waals surface area contributed by atoms with Crippen molar-refractivity contribution in [1.29, 1.82) is 0 Å². The molecule has 0 aromatic heterocycles. The van der Waals surface area contributed by atoms with Gasteiger partial charge in [-0.1, -0.05) is 31.2 Å². The number of aryl methyl sites for hydroxylation is 1. The SMILES string of the molecule is CCc1ccc(CN2CCC(CCl)CC2)cc1. The molecular formula is C15H22ClN. The van der Waals surface area contributed by atoms with E-state index in [1.807, 2.05) is 0 Å². The summed E-state index contributed by atoms with van der Waals surface area (Å²) in [6.07, 6.45) is 3.65. The molecule has 17 heavy (non-hydrogen) atoms. The van der Waals surface area contributed by atoms with Gasteiger partial charge in [0.2, 0.25) is 0 Å². The smallest absolute Gasteiger partial charge is 0.0252 e. The van der Waals surface area contributed by atoms with Gasteiger partial charge in [0, 0.05) is 12.4 Å². The Kier molecular flexibility index (Phi) is 4.87. The first-order valence-corrected chi connectivity index (χ1v) is 7.21. The van der Waals surface area contributed by atoms with Crippen LogP contribution in [0.15, 0.2) is 24.3 Å². The Bertz CT molecular complexity index is 325. The van der Waals surface area contributed by atoms with E-state index in [1.165, 1.54) is 37.1 Å². The summed E-state index contributed by atoms with van der Waals surface area (Å²) < 4.78 is 0. The number of halogens is 1. The molecular weight excluding hydrogens is 230 g/mol. The van der Waals surface area contributed by atoms with E-state index >= 15 is 0 Å². The van der Waals surface area contributed by atoms with Gasteiger partial charge in [0.15, 0.2) is 0 Å². The second-order valence-electron chi connectivity index (χ2n) is 5.04. The second-order valence-corrected chi connectivity index (χ2v) is 5.35. The molecule has 1 aromatic carbocycles. The summed E-state index contributed by atoms with van der Waals surface area (Å²) >= 11 is 5.90. The van der Waals surface area contributed by atoms with Crippen LogP contribution >= 0.6 is 11.6 Å². The van der Waals surface area contributed by atoms with Crippen molar-refractivity contribution in [3.63, 3.8) is 0 Å². The van der Waals surface area contributed by atoms with Gasteiger partial charge in [0.1, 0.15) is 0 Å². The fourth-order valence-corrected chi connectivity index (χ4v) is 2.75. The van der Waals surface area contributed by atoms with Crippen molar-refractivity contribution in [2.75, 3.05) is 19.0 Å². The van der Waals surface area contributed by atoms with Gasteiger partial charge in [-0.25, -0.2) is 0 Å². The van der Waals surface area contributed by atoms with Crippen LogP contribution in [0.5, 0.6) is 0 Å². The molecule has 1 aliphatic rings. The Hall–Kier alpha value is -0.530. The number of hydrogen-bond acceptors (Lipinski definition) is 1. The molecule has 0 bridgehead atoms. The average molecular weight is 252 g/mol. The topological polar surface area (TPSA) is 3.24 Å². The summed E-state index contributed by atoms with van der Waals surface area (Å²) in [6.45, 7) is 5.70. The summed E-state index contributed by atoms with van der Waals surface area (Å²) in [7, 11) is 0. The Balaban J connectivity index is 1.84. The van der Waals surface area contributed by atoms with Crippen LogP contribution in [0.3, 0.4) is 0 Å². The van der Waals surface area contributed by atoms with Gasteiger partial charge in [0.05, 0.1) is 0 Å². The molecule has 94 valence electrons. The van der Waals surface area contributed by atoms with Gasteiger partial charge in [-0.05, 0) is 49.4 Å². The first kappa shape index (κ1) is 12.9. The predicted molar refractivity (Wildman–Crippen MR) is 74.5 cm³/mol. The van der Waals surface area contributed by atoms with E-state index in [1.54, 1.807) is 0 Å². The van der Waals surface area contributed by atoms with Crippen molar-refractivity contribution < 1.29 is 0 Å². The zero-order valence-electron chi connectivity index (χ0n) is 10.7. The number of rotatable bonds is 4. The molecule has 0 amide bonds. The van der Waals surface area contributed by atoms with Crippen molar-refractivity contribution in [3.8, 4) is 0 Å². The Morgan fingerprint density at radius 1 is 1.12 bits per heavy atom. The summed E-state index contributed by atoms with van der Waals surface area (Å²) in [4.78, 5) is 2.55. The monoisotopic (exact) mass is 251 g/mol. The number of piperidine rings is 1. The standard InChI is InChI=1S/C15H22ClN/c1-2-13-3-5-15(6-4-13)12-17-9-7-14(11-16)8-10-17/h3-6,14H,2,7-12H2,1H3. The van der Waals surface area contributed by atoms with Crippen LogP contribution in [-0.4, -0.2) is 23.9 Å². The molecule has 1 aromatic rings. The lowest BCUT2D eigenvalue weighted by atomic mass is 9.98. The maximum absolute atomic E-state index is 5.90. The van der Waals surface area contributed by atoms with Crippen LogP contribution in [0, 0.1) is 5.92 Å². The highest BCUT2D eigenvalue weighted by Gasteiger charge is 2.18. The number of hydrogen-bond donors (Lipinski definition) is 0. The lowest BCUT2D eigenvalue weighted by Crippen LogP contribution is -2.33. The molecule has 0 aliphatic carbocycles. The first-order chi connectivity index (χ1) is 8.31. The molecule has 2 heteroatoms. The Morgan fingerprint density at radius 2 is 1.71 bits per heavy atom. The minimum Gasteiger partial charge on any atom is -0.299 e. The van der Waals surface area contributed by atoms with E-state index in [4.69, 9.17) is 11.6 Å². The summed E-state index contributed by atoms with van der Waals surface area (Å²) in [6, 6.07) is 9.04. The van der Waals surface area contributed by atoms with Crippen LogP contribution in [0.4, 0.5) is 0 Å². The van der Waals surface area contributed by atoms with E-state index in [2.05, 4.69) is 36.1 Å². The lowest BCUT2D eigenvalue weighted by Gasteiger charge is -2.31. The fourth-order valence-electron chi connectivity index (χ4n) is 2.44. The summed E-state index contributed by atoms with van der Waals surface area (Å²) in [5, 5.41) is 0. The van der Waals surface area contributed by atoms with Gasteiger partial charge in [0.25, 0.3) is 0 Å². The van der Waals surface area contributed by atoms with Crippen molar-refractivity contribution in [2.24, 2.45) is 5.92 Å². The van der Waals surface area contributed by atoms with Crippen molar-refractivity contribution >= 4 is 11.6 Å². The van der Waals surface area contributed by atoms with E-state index in [-0.39, 0.29) is 0 Å². The number of alkyl halides is 1. The molecule has 0 saturated carbocycles. The molecule has 0 N–H and O–H groups in total. The van der Waals surface area contributed by atoms with Crippen LogP contribution in [0.2, 0.25) is 0 Å². The second kappa shape index (κ2) is 6.42. The molecule has 0 radical (unpaired) electrons. The third-order valence-electron chi connectivity index (χ3n) is 3.76. The third kappa shape index (κ3) is 3.72. The molecule has 1 aliphatic heterocycles. The highest BCUT2D eigenvalue weighted by Crippen LogP contribution is 2.20. The van der Waals surface area contributed by atoms with Crippen LogP contribution in [0.1, 0.15) is 30.9 Å². The number of likely N-dealkylation sites (tertiary alicyclic amines) is 1. The van der Waals surface area contributed by atoms with Crippen LogP contribution in [-0.2, 0) is 13.0 Å². The van der Waals surface area contributed by atoms with E-state index in [9.17, 15) is 0 Å². The summed E-state index contributed by atoms with van der Waals surface area (Å²) in [5.74, 6) is 1.58. The minimum atomic E-state index is 0.746. The predicted octanol–water partition coefficient (Wildman–Crippen LogP) is 3.70. The number of nitrogens with zero attached hydrogens (tertiary/aromatic N) is 1. The van der Waals surface area contributed by atoms with Gasteiger partial charge < -0.3 is 0 Å². The molecule has 0 spiro atoms. The fraction of sp³-hybridized carbons (Fsp3) is 0.600. The van der Waals surface area contributed by atoms with Gasteiger partial charge in [-0.15, -0.1) is 11.6 Å². The van der Waals surface area contributed by atoms with Crippen molar-refractivity contribution in [1.82, 2.24) is 4.90 Å². The molecule has 1 fully saturated rings. The van der Waals surface area contributed by atoms with E-state index in [0.29, 0.717) is 0 Å². The normalized spacial score (nSPS) is 18.5. The maximum Gasteiger partial charge on any atom is 0.0252 e. The quantitative estimate of drug-likeness (QED) is 0.738. The lowest BCUT2D eigenvalue weighted by molar-refractivity contribution is 0.186. The molecule has 0 unspecified atom stereocenters. The van der Waals surface area contributed by atoms with Gasteiger partial charge in [-0.3, -0.25) is 4.90 Å². The molecule has 1 nitrogen and oxygen atoms in total. The van der Waals surface area contributed by atoms with E-state index < -0.39 is 0 Å². The molecule has 1 heterocycles. The molecule has 1 saturated heterocycles. The zero-order chi connectivity index (χ0) is 12.1. The highest BCUT2D eigenvalue weighted by molar-refractivity contribution is 6.18. The zero-order valence-corrected chi connectivity index (χ0v) is 11.4. The van der Waals surface area contributed by atoms with E-state index in [0.717, 1.165) is 24.8 Å². The highest BCUT2D eigenvalue weighted by atomic mass is 35.5. The Labute approximate surface area is 110 Å². The first-order valence-electron chi connectivity index (χ1n) is 6.68. The number of benzene rings is 1. The molecule has 0 atom stereocenters. The van der Waals surface area contributed by atoms with Gasteiger partial charge >= 0.3 is 0 Å². The van der Waals surface area contributed by atoms with Crippen LogP contribution in [0.25, 0.3) is 0 Å². The minimum absolute atomic E-state index is 0.746. The maximum atomic E-state index is 5.90. The van der Waals surface area contributed by atoms with Crippen molar-refractivity contribution in [2.45, 2.75) is 32.7 Å². The largest absolute Gasteiger partial charge is 0.299 e. The Morgan fingerprint density at radius 3 is 2.24 bits per heavy atom. The van der Waals surface area contributed by atoms with Crippen LogP contribution < -0.4 is 0 Å². The molecule has 2 rings (SSSR count). The third-order valence-corrected chi connectivity index (χ3v) is 4.20. The average Bonchev–Trinajstić information content (AvgIpc) is 2.40.